The van der Waals surface area contributed by atoms with Crippen LogP contribution in [0.5, 0.6) is 0 Å². The standard InChI is InChI=1S/C12H16N4O2/c1-9-8-11(16(15-9)6-3-5-13)14-12(17)10-4-2-7-18-10/h8,10H,2-4,6-7H2,1H3,(H,14,17)/t10-/m0/s1. The van der Waals surface area contributed by atoms with E-state index in [1.165, 1.54) is 0 Å². The van der Waals surface area contributed by atoms with Gasteiger partial charge in [-0.15, -0.1) is 0 Å². The van der Waals surface area contributed by atoms with Crippen LogP contribution in [0.3, 0.4) is 0 Å². The molecule has 96 valence electrons. The molecule has 2 rings (SSSR count). The van der Waals surface area contributed by atoms with E-state index in [1.807, 2.05) is 6.92 Å². The number of nitrogens with one attached hydrogen (secondary N) is 1. The Morgan fingerprint density at radius 2 is 2.61 bits per heavy atom. The fraction of sp³-hybridized carbons (Fsp3) is 0.583. The second kappa shape index (κ2) is 5.65. The number of ether oxygens (including phenoxy) is 1. The lowest BCUT2D eigenvalue weighted by atomic mass is 10.2. The van der Waals surface area contributed by atoms with Crippen LogP contribution in [-0.4, -0.2) is 28.4 Å². The van der Waals surface area contributed by atoms with Gasteiger partial charge in [0.05, 0.1) is 24.7 Å². The molecule has 1 aliphatic rings. The normalized spacial score (nSPS) is 18.6. The summed E-state index contributed by atoms with van der Waals surface area (Å²) in [5, 5.41) is 15.6. The number of nitriles is 1. The Hall–Kier alpha value is -1.87. The zero-order valence-corrected chi connectivity index (χ0v) is 10.3. The van der Waals surface area contributed by atoms with Crippen molar-refractivity contribution in [2.75, 3.05) is 11.9 Å². The number of amides is 1. The van der Waals surface area contributed by atoms with Gasteiger partial charge >= 0.3 is 0 Å². The number of nitrogens with zero attached hydrogens (tertiary/aromatic N) is 3. The fourth-order valence-electron chi connectivity index (χ4n) is 1.96. The van der Waals surface area contributed by atoms with E-state index in [2.05, 4.69) is 16.5 Å². The summed E-state index contributed by atoms with van der Waals surface area (Å²) in [7, 11) is 0. The molecule has 0 saturated carbocycles. The topological polar surface area (TPSA) is 79.9 Å². The predicted molar refractivity (Wildman–Crippen MR) is 64.8 cm³/mol. The zero-order valence-electron chi connectivity index (χ0n) is 10.3. The van der Waals surface area contributed by atoms with E-state index >= 15 is 0 Å². The Morgan fingerprint density at radius 3 is 3.28 bits per heavy atom. The molecule has 0 aliphatic carbocycles. The number of hydrogen-bond acceptors (Lipinski definition) is 4. The number of rotatable bonds is 4. The van der Waals surface area contributed by atoms with Crippen LogP contribution in [0.1, 0.15) is 25.0 Å². The Kier molecular flexibility index (Phi) is 3.95. The van der Waals surface area contributed by atoms with Crippen LogP contribution in [-0.2, 0) is 16.1 Å². The van der Waals surface area contributed by atoms with E-state index in [9.17, 15) is 4.79 Å². The maximum atomic E-state index is 11.9. The van der Waals surface area contributed by atoms with Gasteiger partial charge in [-0.25, -0.2) is 4.68 Å². The number of carbonyl (C=O) groups is 1. The van der Waals surface area contributed by atoms with Crippen LogP contribution in [0.4, 0.5) is 5.82 Å². The SMILES string of the molecule is Cc1cc(NC(=O)[C@@H]2CCCO2)n(CCC#N)n1. The van der Waals surface area contributed by atoms with Gasteiger partial charge in [0.1, 0.15) is 11.9 Å². The van der Waals surface area contributed by atoms with E-state index in [-0.39, 0.29) is 12.0 Å². The van der Waals surface area contributed by atoms with Crippen molar-refractivity contribution in [1.82, 2.24) is 9.78 Å². The highest BCUT2D eigenvalue weighted by Gasteiger charge is 2.24. The average Bonchev–Trinajstić information content (AvgIpc) is 2.96. The summed E-state index contributed by atoms with van der Waals surface area (Å²) in [5.41, 5.74) is 0.815. The molecule has 1 atom stereocenters. The van der Waals surface area contributed by atoms with Crippen molar-refractivity contribution < 1.29 is 9.53 Å². The van der Waals surface area contributed by atoms with E-state index < -0.39 is 0 Å². The minimum absolute atomic E-state index is 0.134. The van der Waals surface area contributed by atoms with Crippen LogP contribution < -0.4 is 5.32 Å². The molecule has 1 N–H and O–H groups in total. The molecule has 6 heteroatoms. The number of aryl methyl sites for hydroxylation is 2. The molecule has 0 bridgehead atoms. The number of hydrogen-bond donors (Lipinski definition) is 1. The maximum absolute atomic E-state index is 11.9. The number of anilines is 1. The van der Waals surface area contributed by atoms with Gasteiger partial charge in [0.25, 0.3) is 5.91 Å². The van der Waals surface area contributed by atoms with Gasteiger partial charge in [-0.2, -0.15) is 10.4 Å². The molecular formula is C12H16N4O2. The van der Waals surface area contributed by atoms with Crippen molar-refractivity contribution in [2.24, 2.45) is 0 Å². The lowest BCUT2D eigenvalue weighted by Crippen LogP contribution is -2.28. The molecule has 6 nitrogen and oxygen atoms in total. The van der Waals surface area contributed by atoms with Crippen molar-refractivity contribution in [1.29, 1.82) is 5.26 Å². The van der Waals surface area contributed by atoms with Crippen molar-refractivity contribution in [3.63, 3.8) is 0 Å². The third-order valence-electron chi connectivity index (χ3n) is 2.81. The monoisotopic (exact) mass is 248 g/mol. The van der Waals surface area contributed by atoms with Crippen molar-refractivity contribution >= 4 is 11.7 Å². The van der Waals surface area contributed by atoms with Gasteiger partial charge in [0.2, 0.25) is 0 Å². The third-order valence-corrected chi connectivity index (χ3v) is 2.81. The Bertz CT molecular complexity index is 469. The molecule has 0 unspecified atom stereocenters. The molecule has 18 heavy (non-hydrogen) atoms. The van der Waals surface area contributed by atoms with E-state index in [0.29, 0.717) is 25.4 Å². The largest absolute Gasteiger partial charge is 0.368 e. The molecular weight excluding hydrogens is 232 g/mol. The molecule has 1 fully saturated rings. The van der Waals surface area contributed by atoms with Crippen LogP contribution in [0, 0.1) is 18.3 Å². The van der Waals surface area contributed by atoms with Gasteiger partial charge < -0.3 is 10.1 Å². The first kappa shape index (κ1) is 12.6. The smallest absolute Gasteiger partial charge is 0.254 e. The van der Waals surface area contributed by atoms with E-state index in [4.69, 9.17) is 10.00 Å². The first-order chi connectivity index (χ1) is 8.70. The van der Waals surface area contributed by atoms with Gasteiger partial charge in [-0.1, -0.05) is 0 Å². The lowest BCUT2D eigenvalue weighted by Gasteiger charge is -2.11. The summed E-state index contributed by atoms with van der Waals surface area (Å²) in [6.45, 7) is 2.97. The molecule has 1 saturated heterocycles. The molecule has 1 aromatic rings. The van der Waals surface area contributed by atoms with Crippen LogP contribution in [0.2, 0.25) is 0 Å². The Balaban J connectivity index is 2.03. The Morgan fingerprint density at radius 1 is 1.78 bits per heavy atom. The molecule has 2 heterocycles. The van der Waals surface area contributed by atoms with Crippen molar-refractivity contribution in [3.8, 4) is 6.07 Å². The molecule has 0 spiro atoms. The highest BCUT2D eigenvalue weighted by Crippen LogP contribution is 2.16. The lowest BCUT2D eigenvalue weighted by molar-refractivity contribution is -0.124. The number of aromatic nitrogens is 2. The molecule has 1 aliphatic heterocycles. The minimum Gasteiger partial charge on any atom is -0.368 e. The zero-order chi connectivity index (χ0) is 13.0. The molecule has 0 aromatic carbocycles. The van der Waals surface area contributed by atoms with Gasteiger partial charge in [-0.05, 0) is 19.8 Å². The number of carbonyl (C=O) groups excluding carboxylic acids is 1. The van der Waals surface area contributed by atoms with Gasteiger partial charge in [-0.3, -0.25) is 4.79 Å². The van der Waals surface area contributed by atoms with Crippen LogP contribution in [0.25, 0.3) is 0 Å². The second-order valence-corrected chi connectivity index (χ2v) is 4.29. The summed E-state index contributed by atoms with van der Waals surface area (Å²) in [6.07, 6.45) is 1.69. The van der Waals surface area contributed by atoms with Crippen molar-refractivity contribution in [3.05, 3.63) is 11.8 Å². The summed E-state index contributed by atoms with van der Waals surface area (Å²) in [5.74, 6) is 0.494. The maximum Gasteiger partial charge on any atom is 0.254 e. The predicted octanol–water partition coefficient (Wildman–Crippen LogP) is 1.22. The van der Waals surface area contributed by atoms with E-state index in [0.717, 1.165) is 18.5 Å². The fourth-order valence-corrected chi connectivity index (χ4v) is 1.96. The van der Waals surface area contributed by atoms with Crippen molar-refractivity contribution in [2.45, 2.75) is 38.8 Å². The summed E-state index contributed by atoms with van der Waals surface area (Å²) in [6, 6.07) is 3.86. The summed E-state index contributed by atoms with van der Waals surface area (Å²) in [4.78, 5) is 11.9. The quantitative estimate of drug-likeness (QED) is 0.868. The van der Waals surface area contributed by atoms with E-state index in [1.54, 1.807) is 10.7 Å². The van der Waals surface area contributed by atoms with Crippen LogP contribution >= 0.6 is 0 Å². The second-order valence-electron chi connectivity index (χ2n) is 4.29. The molecule has 1 aromatic heterocycles. The third kappa shape index (κ3) is 2.87. The first-order valence-electron chi connectivity index (χ1n) is 6.04. The highest BCUT2D eigenvalue weighted by molar-refractivity contribution is 5.93. The van der Waals surface area contributed by atoms with Crippen LogP contribution in [0.15, 0.2) is 6.07 Å². The Labute approximate surface area is 106 Å². The van der Waals surface area contributed by atoms with Gasteiger partial charge in [0.15, 0.2) is 0 Å². The summed E-state index contributed by atoms with van der Waals surface area (Å²) >= 11 is 0. The summed E-state index contributed by atoms with van der Waals surface area (Å²) < 4.78 is 6.96. The molecule has 0 radical (unpaired) electrons. The molecule has 1 amide bonds. The first-order valence-corrected chi connectivity index (χ1v) is 6.04. The highest BCUT2D eigenvalue weighted by atomic mass is 16.5. The minimum atomic E-state index is -0.357. The average molecular weight is 248 g/mol. The van der Waals surface area contributed by atoms with Gasteiger partial charge in [0, 0.05) is 12.7 Å².